The number of ether oxygens (including phenoxy) is 1. The Morgan fingerprint density at radius 3 is 2.15 bits per heavy atom. The van der Waals surface area contributed by atoms with Crippen LogP contribution in [0.1, 0.15) is 20.8 Å². The lowest BCUT2D eigenvalue weighted by molar-refractivity contribution is 0.302. The molecule has 2 N–H and O–H groups in total. The molecule has 13 heavy (non-hydrogen) atoms. The van der Waals surface area contributed by atoms with Crippen LogP contribution < -0.4 is 5.73 Å². The van der Waals surface area contributed by atoms with Gasteiger partial charge in [0.25, 0.3) is 0 Å². The van der Waals surface area contributed by atoms with Crippen LogP contribution in [0.15, 0.2) is 35.1 Å². The van der Waals surface area contributed by atoms with E-state index in [4.69, 9.17) is 10.5 Å². The fraction of sp³-hybridized carbons (Fsp3) is 0.455. The van der Waals surface area contributed by atoms with Crippen molar-refractivity contribution in [3.8, 4) is 0 Å². The summed E-state index contributed by atoms with van der Waals surface area (Å²) in [6.07, 6.45) is 1.97. The molecule has 0 radical (unpaired) electrons. The molecule has 2 heteroatoms. The molecule has 0 aliphatic carbocycles. The molecule has 0 fully saturated rings. The summed E-state index contributed by atoms with van der Waals surface area (Å²) in [6.45, 7) is 10.3. The predicted molar refractivity (Wildman–Crippen MR) is 57.3 cm³/mol. The van der Waals surface area contributed by atoms with E-state index in [1.807, 2.05) is 26.8 Å². The average Bonchev–Trinajstić information content (AvgIpc) is 2.02. The molecule has 0 unspecified atom stereocenters. The number of hydrogen-bond donors (Lipinski definition) is 1. The maximum atomic E-state index is 5.60. The molecule has 2 nitrogen and oxygen atoms in total. The van der Waals surface area contributed by atoms with Gasteiger partial charge >= 0.3 is 0 Å². The highest BCUT2D eigenvalue weighted by Crippen LogP contribution is 2.14. The lowest BCUT2D eigenvalue weighted by atomic mass is 10.1. The van der Waals surface area contributed by atoms with Gasteiger partial charge in [-0.2, -0.15) is 0 Å². The summed E-state index contributed by atoms with van der Waals surface area (Å²) < 4.78 is 5.24. The second-order valence-electron chi connectivity index (χ2n) is 3.25. The third kappa shape index (κ3) is 3.95. The number of rotatable bonds is 4. The number of methoxy groups -OCH3 is 1. The van der Waals surface area contributed by atoms with E-state index in [0.29, 0.717) is 6.54 Å². The van der Waals surface area contributed by atoms with Crippen LogP contribution in [0, 0.1) is 0 Å². The van der Waals surface area contributed by atoms with Crippen LogP contribution in [-0.4, -0.2) is 13.7 Å². The first-order valence-corrected chi connectivity index (χ1v) is 4.31. The smallest absolute Gasteiger partial charge is 0.123 e. The molecule has 0 heterocycles. The minimum absolute atomic E-state index is 0.461. The summed E-state index contributed by atoms with van der Waals surface area (Å²) >= 11 is 0. The Kier molecular flexibility index (Phi) is 5.16. The van der Waals surface area contributed by atoms with Gasteiger partial charge < -0.3 is 10.5 Å². The lowest BCUT2D eigenvalue weighted by Crippen LogP contribution is -2.07. The van der Waals surface area contributed by atoms with E-state index in [9.17, 15) is 0 Å². The molecule has 74 valence electrons. The first kappa shape index (κ1) is 12.0. The van der Waals surface area contributed by atoms with Gasteiger partial charge in [-0.05, 0) is 26.8 Å². The molecule has 0 aromatic rings. The molecular formula is C11H19NO. The van der Waals surface area contributed by atoms with Gasteiger partial charge in [0, 0.05) is 12.1 Å². The van der Waals surface area contributed by atoms with Crippen LogP contribution in [0.2, 0.25) is 0 Å². The molecule has 0 rings (SSSR count). The van der Waals surface area contributed by atoms with E-state index < -0.39 is 0 Å². The highest BCUT2D eigenvalue weighted by molar-refractivity contribution is 5.36. The number of allylic oxidation sites excluding steroid dienone is 2. The fourth-order valence-corrected chi connectivity index (χ4v) is 1.02. The fourth-order valence-electron chi connectivity index (χ4n) is 1.02. The molecule has 0 aliphatic rings. The summed E-state index contributed by atoms with van der Waals surface area (Å²) in [5.74, 6) is 0.815. The molecule has 0 aromatic heterocycles. The van der Waals surface area contributed by atoms with Crippen molar-refractivity contribution in [2.75, 3.05) is 13.7 Å². The van der Waals surface area contributed by atoms with Gasteiger partial charge in [0.05, 0.1) is 7.11 Å². The SMILES string of the molecule is C=C(C)/C(CN)=C(\C=C(C)C)OC. The first-order valence-electron chi connectivity index (χ1n) is 4.31. The Morgan fingerprint density at radius 1 is 1.38 bits per heavy atom. The minimum Gasteiger partial charge on any atom is -0.496 e. The molecule has 0 aromatic carbocycles. The van der Waals surface area contributed by atoms with Crippen molar-refractivity contribution >= 4 is 0 Å². The zero-order valence-electron chi connectivity index (χ0n) is 8.98. The van der Waals surface area contributed by atoms with E-state index in [2.05, 4.69) is 6.58 Å². The van der Waals surface area contributed by atoms with Crippen molar-refractivity contribution in [2.24, 2.45) is 5.73 Å². The van der Waals surface area contributed by atoms with Crippen LogP contribution in [0.3, 0.4) is 0 Å². The van der Waals surface area contributed by atoms with Gasteiger partial charge in [-0.15, -0.1) is 0 Å². The third-order valence-electron chi connectivity index (χ3n) is 1.66. The predicted octanol–water partition coefficient (Wildman–Crippen LogP) is 2.39. The van der Waals surface area contributed by atoms with E-state index in [1.165, 1.54) is 5.57 Å². The second kappa shape index (κ2) is 5.60. The molecule has 0 aliphatic heterocycles. The largest absolute Gasteiger partial charge is 0.496 e. The van der Waals surface area contributed by atoms with Crippen molar-refractivity contribution in [1.29, 1.82) is 0 Å². The van der Waals surface area contributed by atoms with Crippen LogP contribution in [-0.2, 0) is 4.74 Å². The molecular weight excluding hydrogens is 162 g/mol. The Labute approximate surface area is 80.8 Å². The molecule has 0 saturated heterocycles. The van der Waals surface area contributed by atoms with Gasteiger partial charge in [-0.3, -0.25) is 0 Å². The maximum Gasteiger partial charge on any atom is 0.123 e. The van der Waals surface area contributed by atoms with Crippen molar-refractivity contribution in [3.63, 3.8) is 0 Å². The monoisotopic (exact) mass is 181 g/mol. The van der Waals surface area contributed by atoms with Crippen molar-refractivity contribution in [1.82, 2.24) is 0 Å². The number of hydrogen-bond acceptors (Lipinski definition) is 2. The Bertz CT molecular complexity index is 245. The zero-order chi connectivity index (χ0) is 10.4. The summed E-state index contributed by atoms with van der Waals surface area (Å²) in [5.41, 5.74) is 8.71. The normalized spacial score (nSPS) is 11.8. The van der Waals surface area contributed by atoms with Crippen LogP contribution in [0.25, 0.3) is 0 Å². The molecule has 0 bridgehead atoms. The number of nitrogens with two attached hydrogens (primary N) is 1. The van der Waals surface area contributed by atoms with E-state index in [1.54, 1.807) is 7.11 Å². The lowest BCUT2D eigenvalue weighted by Gasteiger charge is -2.09. The van der Waals surface area contributed by atoms with Gasteiger partial charge in [-0.25, -0.2) is 0 Å². The second-order valence-corrected chi connectivity index (χ2v) is 3.25. The minimum atomic E-state index is 0.461. The Hall–Kier alpha value is -1.02. The van der Waals surface area contributed by atoms with Gasteiger partial charge in [0.1, 0.15) is 5.76 Å². The molecule has 0 saturated carbocycles. The average molecular weight is 181 g/mol. The topological polar surface area (TPSA) is 35.2 Å². The molecule has 0 spiro atoms. The molecule has 0 amide bonds. The summed E-state index contributed by atoms with van der Waals surface area (Å²) in [4.78, 5) is 0. The Morgan fingerprint density at radius 2 is 1.92 bits per heavy atom. The van der Waals surface area contributed by atoms with Crippen molar-refractivity contribution < 1.29 is 4.74 Å². The van der Waals surface area contributed by atoms with Crippen LogP contribution >= 0.6 is 0 Å². The van der Waals surface area contributed by atoms with Crippen LogP contribution in [0.5, 0.6) is 0 Å². The van der Waals surface area contributed by atoms with E-state index in [-0.39, 0.29) is 0 Å². The summed E-state index contributed by atoms with van der Waals surface area (Å²) in [6, 6.07) is 0. The maximum absolute atomic E-state index is 5.60. The highest BCUT2D eigenvalue weighted by atomic mass is 16.5. The third-order valence-corrected chi connectivity index (χ3v) is 1.66. The molecule has 0 atom stereocenters. The Balaban J connectivity index is 5.06. The zero-order valence-corrected chi connectivity index (χ0v) is 8.98. The quantitative estimate of drug-likeness (QED) is 0.534. The highest BCUT2D eigenvalue weighted by Gasteiger charge is 2.03. The van der Waals surface area contributed by atoms with E-state index >= 15 is 0 Å². The van der Waals surface area contributed by atoms with Crippen molar-refractivity contribution in [3.05, 3.63) is 35.1 Å². The van der Waals surface area contributed by atoms with E-state index in [0.717, 1.165) is 16.9 Å². The first-order chi connectivity index (χ1) is 6.02. The van der Waals surface area contributed by atoms with Gasteiger partial charge in [-0.1, -0.05) is 17.7 Å². The summed E-state index contributed by atoms with van der Waals surface area (Å²) in [5, 5.41) is 0. The van der Waals surface area contributed by atoms with Gasteiger partial charge in [0.2, 0.25) is 0 Å². The van der Waals surface area contributed by atoms with Gasteiger partial charge in [0.15, 0.2) is 0 Å². The standard InChI is InChI=1S/C11H19NO/c1-8(2)6-11(13-5)10(7-12)9(3)4/h6H,3,7,12H2,1-2,4-5H3/b11-10+. The summed E-state index contributed by atoms with van der Waals surface area (Å²) in [7, 11) is 1.65. The van der Waals surface area contributed by atoms with Crippen LogP contribution in [0.4, 0.5) is 0 Å². The van der Waals surface area contributed by atoms with Crippen molar-refractivity contribution in [2.45, 2.75) is 20.8 Å².